The van der Waals surface area contributed by atoms with Crippen molar-refractivity contribution in [1.82, 2.24) is 9.71 Å². The number of sulfonamides is 1. The molecule has 0 atom stereocenters. The first-order valence-electron chi connectivity index (χ1n) is 8.66. The molecule has 8 heteroatoms. The van der Waals surface area contributed by atoms with Crippen molar-refractivity contribution in [3.63, 3.8) is 0 Å². The van der Waals surface area contributed by atoms with Gasteiger partial charge in [-0.05, 0) is 50.7 Å². The Labute approximate surface area is 163 Å². The summed E-state index contributed by atoms with van der Waals surface area (Å²) in [7, 11) is -2.26. The van der Waals surface area contributed by atoms with Crippen molar-refractivity contribution >= 4 is 21.6 Å². The number of nitrogens with zero attached hydrogens (tertiary/aromatic N) is 1. The summed E-state index contributed by atoms with van der Waals surface area (Å²) in [6.45, 7) is 3.45. The average molecular weight is 399 g/mol. The molecule has 0 spiro atoms. The van der Waals surface area contributed by atoms with Gasteiger partial charge in [-0.2, -0.15) is 0 Å². The normalized spacial score (nSPS) is 11.4. The predicted molar refractivity (Wildman–Crippen MR) is 106 cm³/mol. The molecule has 0 fully saturated rings. The lowest BCUT2D eigenvalue weighted by Crippen LogP contribution is -2.20. The van der Waals surface area contributed by atoms with E-state index >= 15 is 0 Å². The molecule has 7 nitrogen and oxygen atoms in total. The Hall–Kier alpha value is -2.97. The van der Waals surface area contributed by atoms with Gasteiger partial charge in [0.25, 0.3) is 0 Å². The first-order chi connectivity index (χ1) is 13.3. The number of hydrogen-bond acceptors (Lipinski definition) is 5. The molecule has 2 aromatic carbocycles. The number of aryl methyl sites for hydroxylation is 2. The molecule has 28 heavy (non-hydrogen) atoms. The van der Waals surface area contributed by atoms with Gasteiger partial charge in [0, 0.05) is 11.3 Å². The standard InChI is InChI=1S/C20H21N3O4S/c1-13-9-10-16(11-18(13)28(25,26)21-3)22-19(24)12-17-14(2)27-20(23-17)15-7-5-4-6-8-15/h4-11,21H,12H2,1-3H3,(H,22,24). The molecule has 2 N–H and O–H groups in total. The monoisotopic (exact) mass is 399 g/mol. The second-order valence-electron chi connectivity index (χ2n) is 6.30. The van der Waals surface area contributed by atoms with Crippen LogP contribution in [0.15, 0.2) is 57.8 Å². The zero-order chi connectivity index (χ0) is 20.3. The summed E-state index contributed by atoms with van der Waals surface area (Å²) in [5, 5.41) is 2.72. The highest BCUT2D eigenvalue weighted by molar-refractivity contribution is 7.89. The van der Waals surface area contributed by atoms with E-state index in [1.807, 2.05) is 30.3 Å². The lowest BCUT2D eigenvalue weighted by Gasteiger charge is -2.10. The van der Waals surface area contributed by atoms with Gasteiger partial charge in [0.2, 0.25) is 21.8 Å². The maximum absolute atomic E-state index is 12.4. The molecule has 0 saturated carbocycles. The van der Waals surface area contributed by atoms with Crippen LogP contribution >= 0.6 is 0 Å². The number of nitrogens with one attached hydrogen (secondary N) is 2. The quantitative estimate of drug-likeness (QED) is 0.663. The number of aromatic nitrogens is 1. The minimum atomic E-state index is -3.61. The Kier molecular flexibility index (Phi) is 5.62. The van der Waals surface area contributed by atoms with Crippen LogP contribution in [-0.2, 0) is 21.2 Å². The van der Waals surface area contributed by atoms with Crippen LogP contribution in [-0.4, -0.2) is 26.4 Å². The number of amides is 1. The number of anilines is 1. The average Bonchev–Trinajstić information content (AvgIpc) is 3.04. The molecule has 3 rings (SSSR count). The van der Waals surface area contributed by atoms with Crippen LogP contribution in [0.1, 0.15) is 17.0 Å². The first kappa shape index (κ1) is 19.8. The molecule has 1 amide bonds. The van der Waals surface area contributed by atoms with Crippen molar-refractivity contribution in [3.8, 4) is 11.5 Å². The van der Waals surface area contributed by atoms with Crippen molar-refractivity contribution in [3.05, 3.63) is 65.5 Å². The summed E-state index contributed by atoms with van der Waals surface area (Å²) >= 11 is 0. The summed E-state index contributed by atoms with van der Waals surface area (Å²) < 4.78 is 32.1. The molecule has 146 valence electrons. The van der Waals surface area contributed by atoms with E-state index in [0.29, 0.717) is 28.6 Å². The van der Waals surface area contributed by atoms with Gasteiger partial charge in [0.1, 0.15) is 5.76 Å². The lowest BCUT2D eigenvalue weighted by atomic mass is 10.2. The third-order valence-electron chi connectivity index (χ3n) is 4.27. The molecular formula is C20H21N3O4S. The molecule has 0 unspecified atom stereocenters. The van der Waals surface area contributed by atoms with Crippen molar-refractivity contribution in [2.24, 2.45) is 0 Å². The Morgan fingerprint density at radius 1 is 1.11 bits per heavy atom. The van der Waals surface area contributed by atoms with Gasteiger partial charge in [0.05, 0.1) is 17.0 Å². The second kappa shape index (κ2) is 7.95. The number of carbonyl (C=O) groups excluding carboxylic acids is 1. The predicted octanol–water partition coefficient (Wildman–Crippen LogP) is 3.05. The number of benzene rings is 2. The zero-order valence-electron chi connectivity index (χ0n) is 15.8. The van der Waals surface area contributed by atoms with Crippen molar-refractivity contribution in [2.45, 2.75) is 25.2 Å². The third kappa shape index (κ3) is 4.29. The fraction of sp³-hybridized carbons (Fsp3) is 0.200. The number of rotatable bonds is 6. The van der Waals surface area contributed by atoms with E-state index in [9.17, 15) is 13.2 Å². The van der Waals surface area contributed by atoms with Gasteiger partial charge < -0.3 is 9.73 Å². The van der Waals surface area contributed by atoms with Crippen LogP contribution in [0.25, 0.3) is 11.5 Å². The molecule has 1 heterocycles. The maximum Gasteiger partial charge on any atom is 0.240 e. The minimum absolute atomic E-state index is 0.0180. The highest BCUT2D eigenvalue weighted by Gasteiger charge is 2.17. The summed E-state index contributed by atoms with van der Waals surface area (Å²) in [6.07, 6.45) is 0.0180. The van der Waals surface area contributed by atoms with E-state index < -0.39 is 10.0 Å². The number of carbonyl (C=O) groups is 1. The zero-order valence-corrected chi connectivity index (χ0v) is 16.6. The van der Waals surface area contributed by atoms with E-state index in [-0.39, 0.29) is 17.2 Å². The minimum Gasteiger partial charge on any atom is -0.441 e. The summed E-state index contributed by atoms with van der Waals surface area (Å²) in [6, 6.07) is 14.2. The summed E-state index contributed by atoms with van der Waals surface area (Å²) in [5.74, 6) is 0.711. The van der Waals surface area contributed by atoms with Crippen LogP contribution in [0.3, 0.4) is 0 Å². The molecule has 0 radical (unpaired) electrons. The van der Waals surface area contributed by atoms with E-state index in [2.05, 4.69) is 15.0 Å². The van der Waals surface area contributed by atoms with Gasteiger partial charge >= 0.3 is 0 Å². The topological polar surface area (TPSA) is 101 Å². The van der Waals surface area contributed by atoms with Crippen LogP contribution < -0.4 is 10.0 Å². The molecule has 0 saturated heterocycles. The number of oxazole rings is 1. The van der Waals surface area contributed by atoms with Gasteiger partial charge in [-0.25, -0.2) is 18.1 Å². The second-order valence-corrected chi connectivity index (χ2v) is 8.16. The maximum atomic E-state index is 12.4. The smallest absolute Gasteiger partial charge is 0.240 e. The Morgan fingerprint density at radius 3 is 2.50 bits per heavy atom. The highest BCUT2D eigenvalue weighted by Crippen LogP contribution is 2.23. The molecule has 0 aliphatic heterocycles. The summed E-state index contributed by atoms with van der Waals surface area (Å²) in [4.78, 5) is 17.0. The Morgan fingerprint density at radius 2 is 1.82 bits per heavy atom. The molecule has 0 aliphatic carbocycles. The van der Waals surface area contributed by atoms with Crippen LogP contribution in [0.2, 0.25) is 0 Å². The highest BCUT2D eigenvalue weighted by atomic mass is 32.2. The van der Waals surface area contributed by atoms with Crippen LogP contribution in [0.5, 0.6) is 0 Å². The van der Waals surface area contributed by atoms with E-state index in [1.165, 1.54) is 13.1 Å². The third-order valence-corrected chi connectivity index (χ3v) is 5.83. The van der Waals surface area contributed by atoms with E-state index in [0.717, 1.165) is 5.56 Å². The fourth-order valence-corrected chi connectivity index (χ4v) is 3.72. The first-order valence-corrected chi connectivity index (χ1v) is 10.1. The van der Waals surface area contributed by atoms with Gasteiger partial charge in [-0.3, -0.25) is 4.79 Å². The van der Waals surface area contributed by atoms with Gasteiger partial charge in [-0.1, -0.05) is 24.3 Å². The van der Waals surface area contributed by atoms with Crippen LogP contribution in [0, 0.1) is 13.8 Å². The molecule has 3 aromatic rings. The number of hydrogen-bond donors (Lipinski definition) is 2. The van der Waals surface area contributed by atoms with E-state index in [1.54, 1.807) is 26.0 Å². The molecule has 0 aliphatic rings. The SMILES string of the molecule is CNS(=O)(=O)c1cc(NC(=O)Cc2nc(-c3ccccc3)oc2C)ccc1C. The Balaban J connectivity index is 1.77. The van der Waals surface area contributed by atoms with Crippen molar-refractivity contribution in [2.75, 3.05) is 12.4 Å². The van der Waals surface area contributed by atoms with Crippen molar-refractivity contribution < 1.29 is 17.6 Å². The molecule has 0 bridgehead atoms. The molecule has 1 aromatic heterocycles. The Bertz CT molecular complexity index is 1110. The van der Waals surface area contributed by atoms with Crippen LogP contribution in [0.4, 0.5) is 5.69 Å². The van der Waals surface area contributed by atoms with Crippen molar-refractivity contribution in [1.29, 1.82) is 0 Å². The summed E-state index contributed by atoms with van der Waals surface area (Å²) in [5.41, 5.74) is 2.35. The van der Waals surface area contributed by atoms with E-state index in [4.69, 9.17) is 4.42 Å². The largest absolute Gasteiger partial charge is 0.441 e. The molecular weight excluding hydrogens is 378 g/mol. The fourth-order valence-electron chi connectivity index (χ4n) is 2.73. The van der Waals surface area contributed by atoms with Gasteiger partial charge in [-0.15, -0.1) is 0 Å². The lowest BCUT2D eigenvalue weighted by molar-refractivity contribution is -0.115. The van der Waals surface area contributed by atoms with Gasteiger partial charge in [0.15, 0.2) is 0 Å².